The van der Waals surface area contributed by atoms with Crippen LogP contribution in [0.5, 0.6) is 11.5 Å². The highest BCUT2D eigenvalue weighted by atomic mass is 35.5. The van der Waals surface area contributed by atoms with Gasteiger partial charge in [0.2, 0.25) is 5.88 Å². The van der Waals surface area contributed by atoms with Gasteiger partial charge in [-0.05, 0) is 37.1 Å². The van der Waals surface area contributed by atoms with Crippen molar-refractivity contribution in [3.63, 3.8) is 0 Å². The summed E-state index contributed by atoms with van der Waals surface area (Å²) in [7, 11) is 0. The van der Waals surface area contributed by atoms with Gasteiger partial charge in [0.15, 0.2) is 0 Å². The molecule has 2 aromatic carbocycles. The zero-order chi connectivity index (χ0) is 19.3. The fourth-order valence-electron chi connectivity index (χ4n) is 3.49. The van der Waals surface area contributed by atoms with Crippen molar-refractivity contribution in [3.8, 4) is 17.6 Å². The van der Waals surface area contributed by atoms with Crippen LogP contribution >= 0.6 is 11.6 Å². The van der Waals surface area contributed by atoms with Crippen LogP contribution < -0.4 is 10.5 Å². The van der Waals surface area contributed by atoms with E-state index < -0.39 is 5.92 Å². The third-order valence-corrected chi connectivity index (χ3v) is 5.20. The van der Waals surface area contributed by atoms with Crippen molar-refractivity contribution in [1.82, 2.24) is 4.98 Å². The summed E-state index contributed by atoms with van der Waals surface area (Å²) in [4.78, 5) is 4.60. The zero-order valence-electron chi connectivity index (χ0n) is 14.7. The van der Waals surface area contributed by atoms with Crippen LogP contribution in [0.1, 0.15) is 28.2 Å². The Balaban J connectivity index is 2.04. The molecule has 6 heteroatoms. The molecule has 1 aliphatic rings. The van der Waals surface area contributed by atoms with Gasteiger partial charge in [-0.3, -0.25) is 0 Å². The largest absolute Gasteiger partial charge is 0.508 e. The van der Waals surface area contributed by atoms with Crippen LogP contribution in [0.4, 0.5) is 0 Å². The number of aromatic nitrogens is 1. The van der Waals surface area contributed by atoms with Gasteiger partial charge in [0.05, 0.1) is 11.4 Å². The molecule has 0 saturated heterocycles. The van der Waals surface area contributed by atoms with Crippen LogP contribution in [-0.4, -0.2) is 10.1 Å². The molecule has 0 fully saturated rings. The molecule has 4 rings (SSSR count). The lowest BCUT2D eigenvalue weighted by Gasteiger charge is -2.27. The van der Waals surface area contributed by atoms with E-state index >= 15 is 0 Å². The molecule has 0 spiro atoms. The molecule has 1 aliphatic heterocycles. The fraction of sp³-hybridized carbons (Fsp3) is 0.143. The van der Waals surface area contributed by atoms with E-state index in [2.05, 4.69) is 11.1 Å². The number of phenolic OH excluding ortho intramolecular Hbond substituents is 1. The number of nitriles is 1. The highest BCUT2D eigenvalue weighted by Gasteiger charge is 2.33. The van der Waals surface area contributed by atoms with E-state index in [9.17, 15) is 10.4 Å². The van der Waals surface area contributed by atoms with Crippen molar-refractivity contribution in [2.75, 3.05) is 0 Å². The number of halogens is 1. The maximum atomic E-state index is 9.78. The van der Waals surface area contributed by atoms with Crippen molar-refractivity contribution >= 4 is 22.5 Å². The minimum absolute atomic E-state index is 0.00210. The summed E-state index contributed by atoms with van der Waals surface area (Å²) in [6.45, 7) is 3.99. The molecule has 27 heavy (non-hydrogen) atoms. The first-order chi connectivity index (χ1) is 12.9. The number of hydrogen-bond donors (Lipinski definition) is 2. The number of nitrogens with two attached hydrogens (primary N) is 1. The van der Waals surface area contributed by atoms with Crippen LogP contribution in [0.15, 0.2) is 47.9 Å². The molecule has 1 unspecified atom stereocenters. The Morgan fingerprint density at radius 2 is 1.89 bits per heavy atom. The number of allylic oxidation sites excluding steroid dienone is 1. The second kappa shape index (κ2) is 6.19. The van der Waals surface area contributed by atoms with Gasteiger partial charge in [0.25, 0.3) is 0 Å². The topological polar surface area (TPSA) is 92.2 Å². The van der Waals surface area contributed by atoms with Gasteiger partial charge in [0, 0.05) is 22.6 Å². The molecule has 1 atom stereocenters. The maximum absolute atomic E-state index is 9.78. The summed E-state index contributed by atoms with van der Waals surface area (Å²) in [6.07, 6.45) is 0. The molecule has 0 radical (unpaired) electrons. The van der Waals surface area contributed by atoms with E-state index in [0.29, 0.717) is 22.0 Å². The molecule has 0 amide bonds. The first kappa shape index (κ1) is 17.2. The number of aryl methyl sites for hydroxylation is 2. The number of fused-ring (bicyclic) bond motifs is 2. The summed E-state index contributed by atoms with van der Waals surface area (Å²) in [5.41, 5.74) is 10.5. The molecule has 1 aromatic heterocycles. The third-order valence-electron chi connectivity index (χ3n) is 4.90. The molecular weight excluding hydrogens is 362 g/mol. The van der Waals surface area contributed by atoms with Gasteiger partial charge in [-0.25, -0.2) is 4.98 Å². The van der Waals surface area contributed by atoms with Gasteiger partial charge in [0.1, 0.15) is 28.3 Å². The lowest BCUT2D eigenvalue weighted by molar-refractivity contribution is 0.388. The van der Waals surface area contributed by atoms with Crippen molar-refractivity contribution in [2.24, 2.45) is 5.73 Å². The van der Waals surface area contributed by atoms with Crippen LogP contribution in [0.25, 0.3) is 10.9 Å². The molecule has 134 valence electrons. The van der Waals surface area contributed by atoms with Crippen LogP contribution in [0, 0.1) is 25.2 Å². The summed E-state index contributed by atoms with van der Waals surface area (Å²) < 4.78 is 5.55. The Bertz CT molecular complexity index is 1180. The Hall–Kier alpha value is -3.23. The van der Waals surface area contributed by atoms with Crippen molar-refractivity contribution in [1.29, 1.82) is 5.26 Å². The molecule has 5 nitrogen and oxygen atoms in total. The van der Waals surface area contributed by atoms with E-state index in [1.54, 1.807) is 12.1 Å². The molecule has 2 heterocycles. The monoisotopic (exact) mass is 377 g/mol. The molecular formula is C21H16ClN3O2. The number of aromatic hydroxyl groups is 1. The predicted octanol–water partition coefficient (Wildman–Crippen LogP) is 4.43. The van der Waals surface area contributed by atoms with E-state index in [4.69, 9.17) is 22.1 Å². The van der Waals surface area contributed by atoms with Gasteiger partial charge in [-0.15, -0.1) is 0 Å². The van der Waals surface area contributed by atoms with Crippen molar-refractivity contribution in [3.05, 3.63) is 75.3 Å². The van der Waals surface area contributed by atoms with Gasteiger partial charge in [-0.1, -0.05) is 29.8 Å². The average Bonchev–Trinajstić information content (AvgIpc) is 2.63. The third kappa shape index (κ3) is 2.66. The first-order valence-electron chi connectivity index (χ1n) is 8.37. The van der Waals surface area contributed by atoms with Crippen molar-refractivity contribution < 1.29 is 9.84 Å². The zero-order valence-corrected chi connectivity index (χ0v) is 15.5. The summed E-state index contributed by atoms with van der Waals surface area (Å²) in [5, 5.41) is 20.8. The highest BCUT2D eigenvalue weighted by Crippen LogP contribution is 2.45. The number of rotatable bonds is 1. The minimum atomic E-state index is -0.524. The van der Waals surface area contributed by atoms with E-state index in [-0.39, 0.29) is 17.2 Å². The number of nitrogens with zero attached hydrogens (tertiary/aromatic N) is 2. The average molecular weight is 378 g/mol. The summed E-state index contributed by atoms with van der Waals surface area (Å²) in [6, 6.07) is 12.9. The van der Waals surface area contributed by atoms with Crippen LogP contribution in [0.3, 0.4) is 0 Å². The second-order valence-electron chi connectivity index (χ2n) is 6.61. The van der Waals surface area contributed by atoms with Crippen LogP contribution in [0.2, 0.25) is 5.15 Å². The minimum Gasteiger partial charge on any atom is -0.508 e. The molecule has 3 N–H and O–H groups in total. The standard InChI is InChI=1S/C21H16ClN3O2/c1-10-3-4-11(2)19-14(10)8-15(20(22)25-19)18-13-6-5-12(26)7-17(13)27-21(24)16(18)9-23/h3-8,18,26H,24H2,1-2H3. The Labute approximate surface area is 161 Å². The Kier molecular flexibility index (Phi) is 3.94. The molecule has 0 saturated carbocycles. The van der Waals surface area contributed by atoms with Crippen molar-refractivity contribution in [2.45, 2.75) is 19.8 Å². The molecule has 0 aliphatic carbocycles. The normalized spacial score (nSPS) is 16.0. The number of ether oxygens (including phenoxy) is 1. The number of phenols is 1. The van der Waals surface area contributed by atoms with E-state index in [1.165, 1.54) is 6.07 Å². The predicted molar refractivity (Wildman–Crippen MR) is 104 cm³/mol. The van der Waals surface area contributed by atoms with Gasteiger partial charge in [-0.2, -0.15) is 5.26 Å². The lowest BCUT2D eigenvalue weighted by atomic mass is 9.83. The SMILES string of the molecule is Cc1ccc(C)c2nc(Cl)c(C3C(C#N)=C(N)Oc4cc(O)ccc43)cc12. The fourth-order valence-corrected chi connectivity index (χ4v) is 3.74. The Morgan fingerprint density at radius 1 is 1.15 bits per heavy atom. The number of hydrogen-bond acceptors (Lipinski definition) is 5. The summed E-state index contributed by atoms with van der Waals surface area (Å²) >= 11 is 6.55. The lowest BCUT2D eigenvalue weighted by Crippen LogP contribution is -2.21. The van der Waals surface area contributed by atoms with Gasteiger partial charge >= 0.3 is 0 Å². The second-order valence-corrected chi connectivity index (χ2v) is 6.97. The first-order valence-corrected chi connectivity index (χ1v) is 8.75. The smallest absolute Gasteiger partial charge is 0.205 e. The van der Waals surface area contributed by atoms with Crippen LogP contribution in [-0.2, 0) is 0 Å². The molecule has 3 aromatic rings. The maximum Gasteiger partial charge on any atom is 0.205 e. The number of benzene rings is 2. The van der Waals surface area contributed by atoms with E-state index in [0.717, 1.165) is 22.0 Å². The number of pyridine rings is 1. The highest BCUT2D eigenvalue weighted by molar-refractivity contribution is 6.30. The van der Waals surface area contributed by atoms with Gasteiger partial charge < -0.3 is 15.6 Å². The quantitative estimate of drug-likeness (QED) is 0.612. The van der Waals surface area contributed by atoms with E-state index in [1.807, 2.05) is 32.0 Å². The Morgan fingerprint density at radius 3 is 2.63 bits per heavy atom. The molecule has 0 bridgehead atoms. The summed E-state index contributed by atoms with van der Waals surface area (Å²) in [5.74, 6) is -0.0788.